The van der Waals surface area contributed by atoms with Crippen molar-refractivity contribution >= 4 is 0 Å². The van der Waals surface area contributed by atoms with Gasteiger partial charge in [0.15, 0.2) is 0 Å². The van der Waals surface area contributed by atoms with Gasteiger partial charge in [-0.25, -0.2) is 0 Å². The van der Waals surface area contributed by atoms with Crippen molar-refractivity contribution in [3.05, 3.63) is 18.0 Å². The quantitative estimate of drug-likeness (QED) is 0.663. The lowest BCUT2D eigenvalue weighted by atomic mass is 10.0. The predicted octanol–water partition coefficient (Wildman–Crippen LogP) is 0.411. The van der Waals surface area contributed by atoms with Crippen LogP contribution in [-0.4, -0.2) is 22.9 Å². The molecular formula is C8H13N3. The van der Waals surface area contributed by atoms with Crippen LogP contribution in [0.1, 0.15) is 5.69 Å². The average molecular weight is 151 g/mol. The van der Waals surface area contributed by atoms with Crippen LogP contribution in [0.2, 0.25) is 0 Å². The second kappa shape index (κ2) is 2.66. The van der Waals surface area contributed by atoms with Crippen LogP contribution in [0, 0.1) is 12.8 Å². The number of nitrogens with zero attached hydrogens (tertiary/aromatic N) is 2. The minimum atomic E-state index is 0.800. The first-order chi connectivity index (χ1) is 5.36. The highest BCUT2D eigenvalue weighted by molar-refractivity contribution is 4.97. The molecule has 1 saturated heterocycles. The lowest BCUT2D eigenvalue weighted by Gasteiger charge is -2.27. The second-order valence-electron chi connectivity index (χ2n) is 3.18. The van der Waals surface area contributed by atoms with Gasteiger partial charge in [-0.05, 0) is 13.0 Å². The van der Waals surface area contributed by atoms with Crippen molar-refractivity contribution in [2.45, 2.75) is 13.5 Å². The Balaban J connectivity index is 1.99. The van der Waals surface area contributed by atoms with Gasteiger partial charge >= 0.3 is 0 Å². The van der Waals surface area contributed by atoms with Gasteiger partial charge in [0.2, 0.25) is 0 Å². The van der Waals surface area contributed by atoms with E-state index in [1.54, 1.807) is 0 Å². The van der Waals surface area contributed by atoms with Gasteiger partial charge in [-0.1, -0.05) is 0 Å². The van der Waals surface area contributed by atoms with Crippen molar-refractivity contribution in [3.63, 3.8) is 0 Å². The molecule has 1 aliphatic heterocycles. The first-order valence-electron chi connectivity index (χ1n) is 4.05. The molecule has 0 unspecified atom stereocenters. The van der Waals surface area contributed by atoms with Gasteiger partial charge in [-0.2, -0.15) is 5.10 Å². The highest BCUT2D eigenvalue weighted by Gasteiger charge is 2.17. The molecule has 1 fully saturated rings. The van der Waals surface area contributed by atoms with Crippen molar-refractivity contribution in [2.24, 2.45) is 5.92 Å². The van der Waals surface area contributed by atoms with Gasteiger partial charge in [-0.3, -0.25) is 4.68 Å². The third kappa shape index (κ3) is 1.28. The third-order valence-corrected chi connectivity index (χ3v) is 2.23. The monoisotopic (exact) mass is 151 g/mol. The molecule has 2 rings (SSSR count). The molecule has 3 nitrogen and oxygen atoms in total. The number of aromatic nitrogens is 2. The Morgan fingerprint density at radius 1 is 1.73 bits per heavy atom. The van der Waals surface area contributed by atoms with E-state index in [2.05, 4.69) is 22.0 Å². The zero-order valence-electron chi connectivity index (χ0n) is 6.75. The molecule has 1 aromatic heterocycles. The van der Waals surface area contributed by atoms with Crippen LogP contribution in [-0.2, 0) is 6.54 Å². The maximum atomic E-state index is 4.23. The fourth-order valence-corrected chi connectivity index (χ4v) is 1.31. The standard InChI is InChI=1S/C8H13N3/c1-7-2-3-10-11(7)6-8-4-9-5-8/h2-3,8-9H,4-6H2,1H3. The zero-order valence-corrected chi connectivity index (χ0v) is 6.75. The minimum absolute atomic E-state index is 0.800. The molecule has 60 valence electrons. The summed E-state index contributed by atoms with van der Waals surface area (Å²) in [5, 5.41) is 7.48. The summed E-state index contributed by atoms with van der Waals surface area (Å²) in [6.07, 6.45) is 1.86. The summed E-state index contributed by atoms with van der Waals surface area (Å²) in [4.78, 5) is 0. The molecule has 1 aliphatic rings. The van der Waals surface area contributed by atoms with E-state index in [1.807, 2.05) is 12.3 Å². The lowest BCUT2D eigenvalue weighted by molar-refractivity contribution is 0.293. The van der Waals surface area contributed by atoms with E-state index in [9.17, 15) is 0 Å². The number of nitrogens with one attached hydrogen (secondary N) is 1. The minimum Gasteiger partial charge on any atom is -0.316 e. The normalized spacial score (nSPS) is 18.3. The van der Waals surface area contributed by atoms with E-state index in [0.29, 0.717) is 0 Å². The molecule has 0 bridgehead atoms. The first kappa shape index (κ1) is 6.85. The number of hydrogen-bond donors (Lipinski definition) is 1. The maximum absolute atomic E-state index is 4.23. The molecule has 1 N–H and O–H groups in total. The van der Waals surface area contributed by atoms with Gasteiger partial charge in [-0.15, -0.1) is 0 Å². The Morgan fingerprint density at radius 3 is 3.00 bits per heavy atom. The largest absolute Gasteiger partial charge is 0.316 e. The highest BCUT2D eigenvalue weighted by Crippen LogP contribution is 2.07. The van der Waals surface area contributed by atoms with Crippen LogP contribution >= 0.6 is 0 Å². The lowest BCUT2D eigenvalue weighted by Crippen LogP contribution is -2.44. The van der Waals surface area contributed by atoms with Crippen molar-refractivity contribution in [1.29, 1.82) is 0 Å². The van der Waals surface area contributed by atoms with Crippen molar-refractivity contribution in [3.8, 4) is 0 Å². The smallest absolute Gasteiger partial charge is 0.0492 e. The zero-order chi connectivity index (χ0) is 7.68. The molecule has 3 heteroatoms. The van der Waals surface area contributed by atoms with Gasteiger partial charge in [0.05, 0.1) is 0 Å². The van der Waals surface area contributed by atoms with Gasteiger partial charge in [0.25, 0.3) is 0 Å². The van der Waals surface area contributed by atoms with Crippen LogP contribution in [0.3, 0.4) is 0 Å². The predicted molar refractivity (Wildman–Crippen MR) is 43.3 cm³/mol. The summed E-state index contributed by atoms with van der Waals surface area (Å²) in [5.41, 5.74) is 1.26. The number of rotatable bonds is 2. The van der Waals surface area contributed by atoms with Crippen LogP contribution < -0.4 is 5.32 Å². The molecule has 0 saturated carbocycles. The van der Waals surface area contributed by atoms with Gasteiger partial charge in [0, 0.05) is 37.4 Å². The van der Waals surface area contributed by atoms with Gasteiger partial charge in [0.1, 0.15) is 0 Å². The third-order valence-electron chi connectivity index (χ3n) is 2.23. The summed E-state index contributed by atoms with van der Waals surface area (Å²) in [6, 6.07) is 2.05. The Morgan fingerprint density at radius 2 is 2.55 bits per heavy atom. The summed E-state index contributed by atoms with van der Waals surface area (Å²) < 4.78 is 2.07. The number of aryl methyl sites for hydroxylation is 1. The van der Waals surface area contributed by atoms with E-state index < -0.39 is 0 Å². The SMILES string of the molecule is Cc1ccnn1CC1CNC1. The van der Waals surface area contributed by atoms with Gasteiger partial charge < -0.3 is 5.32 Å². The molecule has 11 heavy (non-hydrogen) atoms. The van der Waals surface area contributed by atoms with E-state index in [0.717, 1.165) is 25.6 Å². The Kier molecular flexibility index (Phi) is 1.66. The molecular weight excluding hydrogens is 138 g/mol. The van der Waals surface area contributed by atoms with Crippen LogP contribution in [0.15, 0.2) is 12.3 Å². The number of hydrogen-bond acceptors (Lipinski definition) is 2. The molecule has 0 radical (unpaired) electrons. The maximum Gasteiger partial charge on any atom is 0.0492 e. The molecule has 1 aromatic rings. The van der Waals surface area contributed by atoms with Crippen molar-refractivity contribution in [1.82, 2.24) is 15.1 Å². The fourth-order valence-electron chi connectivity index (χ4n) is 1.31. The molecule has 0 atom stereocenters. The Bertz CT molecular complexity index is 237. The van der Waals surface area contributed by atoms with Crippen LogP contribution in [0.25, 0.3) is 0 Å². The topological polar surface area (TPSA) is 29.9 Å². The molecule has 0 amide bonds. The summed E-state index contributed by atoms with van der Waals surface area (Å²) in [5.74, 6) is 0.800. The van der Waals surface area contributed by atoms with E-state index in [1.165, 1.54) is 5.69 Å². The van der Waals surface area contributed by atoms with E-state index in [4.69, 9.17) is 0 Å². The highest BCUT2D eigenvalue weighted by atomic mass is 15.3. The van der Waals surface area contributed by atoms with Crippen molar-refractivity contribution < 1.29 is 0 Å². The molecule has 2 heterocycles. The van der Waals surface area contributed by atoms with Crippen LogP contribution in [0.4, 0.5) is 0 Å². The molecule has 0 aliphatic carbocycles. The average Bonchev–Trinajstić information content (AvgIpc) is 2.27. The fraction of sp³-hybridized carbons (Fsp3) is 0.625. The first-order valence-corrected chi connectivity index (χ1v) is 4.05. The van der Waals surface area contributed by atoms with Crippen LogP contribution in [0.5, 0.6) is 0 Å². The molecule has 0 spiro atoms. The Labute approximate surface area is 66.4 Å². The summed E-state index contributed by atoms with van der Waals surface area (Å²) >= 11 is 0. The summed E-state index contributed by atoms with van der Waals surface area (Å²) in [6.45, 7) is 5.48. The second-order valence-corrected chi connectivity index (χ2v) is 3.18. The van der Waals surface area contributed by atoms with Crippen molar-refractivity contribution in [2.75, 3.05) is 13.1 Å². The Hall–Kier alpha value is -0.830. The van der Waals surface area contributed by atoms with E-state index in [-0.39, 0.29) is 0 Å². The summed E-state index contributed by atoms with van der Waals surface area (Å²) in [7, 11) is 0. The van der Waals surface area contributed by atoms with E-state index >= 15 is 0 Å². The molecule has 0 aromatic carbocycles.